The summed E-state index contributed by atoms with van der Waals surface area (Å²) in [5.74, 6) is -0.228. The molecular formula is C32H32ClN3O2. The number of carbonyl (C=O) groups is 2. The monoisotopic (exact) mass is 525 g/mol. The number of anilines is 1. The van der Waals surface area contributed by atoms with E-state index >= 15 is 0 Å². The first-order valence-corrected chi connectivity index (χ1v) is 13.3. The molecule has 1 aliphatic heterocycles. The summed E-state index contributed by atoms with van der Waals surface area (Å²) < 4.78 is 0. The normalized spacial score (nSPS) is 14.1. The molecule has 0 atom stereocenters. The highest BCUT2D eigenvalue weighted by atomic mass is 35.5. The molecule has 0 unspecified atom stereocenters. The van der Waals surface area contributed by atoms with E-state index in [0.29, 0.717) is 23.2 Å². The van der Waals surface area contributed by atoms with Crippen LogP contribution in [0.25, 0.3) is 33.0 Å². The number of halogens is 1. The van der Waals surface area contributed by atoms with Crippen LogP contribution in [0.15, 0.2) is 72.8 Å². The topological polar surface area (TPSA) is 61.4 Å². The molecule has 6 rings (SSSR count). The molecule has 1 heterocycles. The zero-order valence-corrected chi connectivity index (χ0v) is 22.4. The summed E-state index contributed by atoms with van der Waals surface area (Å²) in [6.07, 6.45) is 1.90. The van der Waals surface area contributed by atoms with Crippen molar-refractivity contribution in [1.29, 1.82) is 0 Å². The van der Waals surface area contributed by atoms with Crippen LogP contribution in [-0.2, 0) is 0 Å². The number of hydrogen-bond acceptors (Lipinski definition) is 4. The number of hydrogen-bond donors (Lipinski definition) is 2. The number of fused-ring (bicyclic) bond motifs is 4. The zero-order chi connectivity index (χ0) is 25.4. The van der Waals surface area contributed by atoms with E-state index in [0.717, 1.165) is 77.7 Å². The maximum Gasteiger partial charge on any atom is 0.254 e. The van der Waals surface area contributed by atoms with Gasteiger partial charge in [0, 0.05) is 49.4 Å². The van der Waals surface area contributed by atoms with E-state index < -0.39 is 0 Å². The van der Waals surface area contributed by atoms with E-state index in [9.17, 15) is 9.59 Å². The summed E-state index contributed by atoms with van der Waals surface area (Å²) in [7, 11) is 0. The third-order valence-electron chi connectivity index (χ3n) is 7.56. The Morgan fingerprint density at radius 2 is 1.55 bits per heavy atom. The van der Waals surface area contributed by atoms with Crippen LogP contribution in [0.1, 0.15) is 46.0 Å². The van der Waals surface area contributed by atoms with Gasteiger partial charge in [0.25, 0.3) is 5.91 Å². The fraction of sp³-hybridized carbons (Fsp3) is 0.250. The maximum absolute atomic E-state index is 14.0. The van der Waals surface area contributed by atoms with Crippen molar-refractivity contribution >= 4 is 40.6 Å². The average Bonchev–Trinajstić information content (AvgIpc) is 3.25. The van der Waals surface area contributed by atoms with Gasteiger partial charge in [-0.15, -0.1) is 12.4 Å². The Morgan fingerprint density at radius 3 is 2.34 bits per heavy atom. The zero-order valence-electron chi connectivity index (χ0n) is 21.5. The highest BCUT2D eigenvalue weighted by Gasteiger charge is 2.37. The highest BCUT2D eigenvalue weighted by Crippen LogP contribution is 2.48. The number of ketones is 1. The van der Waals surface area contributed by atoms with E-state index in [-0.39, 0.29) is 24.1 Å². The van der Waals surface area contributed by atoms with Crippen LogP contribution in [0.4, 0.5) is 5.69 Å². The van der Waals surface area contributed by atoms with Gasteiger partial charge in [0.2, 0.25) is 0 Å². The summed E-state index contributed by atoms with van der Waals surface area (Å²) in [5.41, 5.74) is 6.41. The molecule has 1 amide bonds. The lowest BCUT2D eigenvalue weighted by molar-refractivity contribution is 0.0943. The Hall–Kier alpha value is -3.67. The number of nitrogens with one attached hydrogen (secondary N) is 2. The first-order valence-electron chi connectivity index (χ1n) is 13.3. The Morgan fingerprint density at radius 1 is 0.868 bits per heavy atom. The van der Waals surface area contributed by atoms with Gasteiger partial charge in [-0.3, -0.25) is 9.59 Å². The lowest BCUT2D eigenvalue weighted by atomic mass is 9.87. The van der Waals surface area contributed by atoms with Crippen LogP contribution in [-0.4, -0.2) is 44.4 Å². The second-order valence-corrected chi connectivity index (χ2v) is 9.82. The first kappa shape index (κ1) is 26.0. The minimum Gasteiger partial charge on any atom is -0.368 e. The van der Waals surface area contributed by atoms with Crippen LogP contribution in [0, 0.1) is 0 Å². The van der Waals surface area contributed by atoms with Crippen LogP contribution in [0.5, 0.6) is 0 Å². The third kappa shape index (κ3) is 4.36. The van der Waals surface area contributed by atoms with E-state index in [2.05, 4.69) is 64.9 Å². The van der Waals surface area contributed by atoms with E-state index in [1.165, 1.54) is 0 Å². The van der Waals surface area contributed by atoms with Gasteiger partial charge < -0.3 is 15.5 Å². The van der Waals surface area contributed by atoms with Crippen LogP contribution in [0.3, 0.4) is 0 Å². The Kier molecular flexibility index (Phi) is 7.50. The van der Waals surface area contributed by atoms with E-state index in [1.54, 1.807) is 0 Å². The highest BCUT2D eigenvalue weighted by molar-refractivity contribution is 6.29. The molecule has 0 saturated carbocycles. The van der Waals surface area contributed by atoms with Gasteiger partial charge >= 0.3 is 0 Å². The number of carbonyl (C=O) groups excluding carboxylic acids is 2. The molecule has 0 spiro atoms. The van der Waals surface area contributed by atoms with Gasteiger partial charge in [-0.1, -0.05) is 80.1 Å². The largest absolute Gasteiger partial charge is 0.368 e. The number of benzene rings is 4. The van der Waals surface area contributed by atoms with Crippen LogP contribution < -0.4 is 15.5 Å². The number of unbranched alkanes of at least 4 members (excludes halogenated alkanes) is 1. The Balaban J connectivity index is 0.00000294. The minimum absolute atomic E-state index is 0. The average molecular weight is 526 g/mol. The molecule has 1 aliphatic carbocycles. The number of piperazine rings is 1. The van der Waals surface area contributed by atoms with Gasteiger partial charge in [0.1, 0.15) is 0 Å². The van der Waals surface area contributed by atoms with Gasteiger partial charge in [0.05, 0.1) is 11.3 Å². The van der Waals surface area contributed by atoms with Crippen molar-refractivity contribution in [3.05, 3.63) is 89.5 Å². The lowest BCUT2D eigenvalue weighted by Gasteiger charge is -2.32. The Bertz CT molecular complexity index is 1520. The smallest absolute Gasteiger partial charge is 0.254 e. The van der Waals surface area contributed by atoms with E-state index in [4.69, 9.17) is 0 Å². The molecule has 5 nitrogen and oxygen atoms in total. The predicted octanol–water partition coefficient (Wildman–Crippen LogP) is 6.08. The predicted molar refractivity (Wildman–Crippen MR) is 158 cm³/mol. The van der Waals surface area contributed by atoms with Crippen molar-refractivity contribution in [3.63, 3.8) is 0 Å². The molecule has 0 aromatic heterocycles. The van der Waals surface area contributed by atoms with E-state index in [1.807, 2.05) is 30.3 Å². The molecule has 0 radical (unpaired) electrons. The summed E-state index contributed by atoms with van der Waals surface area (Å²) in [6.45, 7) is 5.94. The molecule has 38 heavy (non-hydrogen) atoms. The molecule has 4 aromatic carbocycles. The van der Waals surface area contributed by atoms with Gasteiger partial charge in [0.15, 0.2) is 5.78 Å². The van der Waals surface area contributed by atoms with Gasteiger partial charge in [-0.2, -0.15) is 0 Å². The minimum atomic E-state index is -0.163. The summed E-state index contributed by atoms with van der Waals surface area (Å²) in [4.78, 5) is 30.1. The molecule has 2 aliphatic rings. The fourth-order valence-electron chi connectivity index (χ4n) is 5.73. The van der Waals surface area contributed by atoms with Crippen molar-refractivity contribution in [3.8, 4) is 22.3 Å². The summed E-state index contributed by atoms with van der Waals surface area (Å²) >= 11 is 0. The quantitative estimate of drug-likeness (QED) is 0.264. The number of nitrogens with zero attached hydrogens (tertiary/aromatic N) is 1. The van der Waals surface area contributed by atoms with Crippen molar-refractivity contribution in [1.82, 2.24) is 10.6 Å². The molecule has 2 N–H and O–H groups in total. The molecule has 6 heteroatoms. The van der Waals surface area contributed by atoms with Crippen molar-refractivity contribution < 1.29 is 9.59 Å². The molecule has 194 valence electrons. The standard InChI is InChI=1S/C32H31N3O2.ClH/c1-2-3-15-34-32(37)29-27(35-18-16-33-17-19-35)20-26(23-14-8-10-21-9-4-5-11-22(21)23)28-24-12-6-7-13-25(24)31(36)30(28)29;/h4-14,20,33H,2-3,15-19H2,1H3,(H,34,37);1H. The van der Waals surface area contributed by atoms with Crippen LogP contribution >= 0.6 is 12.4 Å². The van der Waals surface area contributed by atoms with Crippen LogP contribution in [0.2, 0.25) is 0 Å². The summed E-state index contributed by atoms with van der Waals surface area (Å²) in [6, 6.07) is 24.6. The molecule has 0 bridgehead atoms. The number of amides is 1. The first-order chi connectivity index (χ1) is 18.2. The number of rotatable bonds is 6. The van der Waals surface area contributed by atoms with Crippen molar-refractivity contribution in [2.45, 2.75) is 19.8 Å². The lowest BCUT2D eigenvalue weighted by Crippen LogP contribution is -2.44. The molecule has 1 fully saturated rings. The van der Waals surface area contributed by atoms with Gasteiger partial charge in [-0.25, -0.2) is 0 Å². The SMILES string of the molecule is CCCCNC(=O)c1c(N2CCNCC2)cc(-c2cccc3ccccc23)c2c1C(=O)c1ccccc1-2.Cl. The summed E-state index contributed by atoms with van der Waals surface area (Å²) in [5, 5.41) is 8.81. The molecular weight excluding hydrogens is 494 g/mol. The molecule has 1 saturated heterocycles. The van der Waals surface area contributed by atoms with Gasteiger partial charge in [-0.05, 0) is 39.9 Å². The maximum atomic E-state index is 14.0. The van der Waals surface area contributed by atoms with Crippen molar-refractivity contribution in [2.24, 2.45) is 0 Å². The second kappa shape index (κ2) is 11.0. The third-order valence-corrected chi connectivity index (χ3v) is 7.56. The van der Waals surface area contributed by atoms with Crippen molar-refractivity contribution in [2.75, 3.05) is 37.6 Å². The second-order valence-electron chi connectivity index (χ2n) is 9.82. The Labute approximate surface area is 229 Å². The fourth-order valence-corrected chi connectivity index (χ4v) is 5.73. The molecule has 4 aromatic rings.